The quantitative estimate of drug-likeness (QED) is 0.722. The number of aliphatic hydroxyl groups excluding tert-OH is 1. The molecule has 0 aromatic carbocycles. The summed E-state index contributed by atoms with van der Waals surface area (Å²) in [5, 5.41) is 10.1. The molecule has 0 heterocycles. The van der Waals surface area contributed by atoms with Crippen LogP contribution in [0.5, 0.6) is 0 Å². The lowest BCUT2D eigenvalue weighted by molar-refractivity contribution is 0.0727. The summed E-state index contributed by atoms with van der Waals surface area (Å²) in [6.45, 7) is 4.55. The van der Waals surface area contributed by atoms with E-state index in [1.165, 1.54) is 38.5 Å². The van der Waals surface area contributed by atoms with Gasteiger partial charge in [-0.3, -0.25) is 0 Å². The summed E-state index contributed by atoms with van der Waals surface area (Å²) in [4.78, 5) is 2.58. The number of hydrogen-bond acceptors (Lipinski definition) is 2. The highest BCUT2D eigenvalue weighted by molar-refractivity contribution is 4.86. The number of rotatable bonds is 4. The Balaban J connectivity index is 1.84. The minimum Gasteiger partial charge on any atom is -0.393 e. The molecule has 2 aliphatic carbocycles. The molecule has 2 atom stereocenters. The van der Waals surface area contributed by atoms with Crippen LogP contribution in [-0.2, 0) is 0 Å². The first-order valence-corrected chi connectivity index (χ1v) is 6.73. The minimum atomic E-state index is -0.0275. The number of nitrogens with zero attached hydrogens (tertiary/aromatic N) is 1. The Morgan fingerprint density at radius 3 is 2.47 bits per heavy atom. The molecule has 88 valence electrons. The van der Waals surface area contributed by atoms with Crippen LogP contribution in [0.1, 0.15) is 51.9 Å². The van der Waals surface area contributed by atoms with Crippen molar-refractivity contribution < 1.29 is 5.11 Å². The van der Waals surface area contributed by atoms with Crippen molar-refractivity contribution in [1.82, 2.24) is 4.90 Å². The summed E-state index contributed by atoms with van der Waals surface area (Å²) in [5.41, 5.74) is 0. The molecule has 2 unspecified atom stereocenters. The fraction of sp³-hybridized carbons (Fsp3) is 1.00. The lowest BCUT2D eigenvalue weighted by Crippen LogP contribution is -2.36. The Morgan fingerprint density at radius 2 is 1.80 bits per heavy atom. The molecule has 0 aliphatic heterocycles. The van der Waals surface area contributed by atoms with E-state index in [4.69, 9.17) is 0 Å². The molecule has 1 N–H and O–H groups in total. The van der Waals surface area contributed by atoms with E-state index in [0.717, 1.165) is 25.6 Å². The first-order chi connectivity index (χ1) is 7.31. The van der Waals surface area contributed by atoms with Crippen molar-refractivity contribution in [2.45, 2.75) is 64.0 Å². The fourth-order valence-electron chi connectivity index (χ4n) is 2.86. The van der Waals surface area contributed by atoms with E-state index in [1.807, 2.05) is 0 Å². The van der Waals surface area contributed by atoms with Crippen molar-refractivity contribution in [2.24, 2.45) is 5.92 Å². The molecule has 2 fully saturated rings. The van der Waals surface area contributed by atoms with E-state index in [2.05, 4.69) is 11.8 Å². The van der Waals surface area contributed by atoms with Crippen molar-refractivity contribution >= 4 is 0 Å². The predicted molar refractivity (Wildman–Crippen MR) is 62.9 cm³/mol. The summed E-state index contributed by atoms with van der Waals surface area (Å²) in [6.07, 6.45) is 8.89. The van der Waals surface area contributed by atoms with Gasteiger partial charge >= 0.3 is 0 Å². The largest absolute Gasteiger partial charge is 0.393 e. The van der Waals surface area contributed by atoms with Crippen LogP contribution in [0.15, 0.2) is 0 Å². The second-order valence-corrected chi connectivity index (χ2v) is 5.28. The topological polar surface area (TPSA) is 23.5 Å². The summed E-state index contributed by atoms with van der Waals surface area (Å²) >= 11 is 0. The van der Waals surface area contributed by atoms with Crippen molar-refractivity contribution in [3.63, 3.8) is 0 Å². The highest BCUT2D eigenvalue weighted by atomic mass is 16.3. The van der Waals surface area contributed by atoms with Gasteiger partial charge in [0, 0.05) is 12.6 Å². The van der Waals surface area contributed by atoms with Gasteiger partial charge in [-0.15, -0.1) is 0 Å². The van der Waals surface area contributed by atoms with E-state index in [9.17, 15) is 5.11 Å². The second-order valence-electron chi connectivity index (χ2n) is 5.28. The summed E-state index contributed by atoms with van der Waals surface area (Å²) in [7, 11) is 0. The monoisotopic (exact) mass is 211 g/mol. The van der Waals surface area contributed by atoms with Crippen molar-refractivity contribution in [3.05, 3.63) is 0 Å². The van der Waals surface area contributed by atoms with Gasteiger partial charge < -0.3 is 10.0 Å². The fourth-order valence-corrected chi connectivity index (χ4v) is 2.86. The zero-order valence-corrected chi connectivity index (χ0v) is 9.99. The van der Waals surface area contributed by atoms with Crippen LogP contribution in [0, 0.1) is 5.92 Å². The van der Waals surface area contributed by atoms with Crippen molar-refractivity contribution in [3.8, 4) is 0 Å². The van der Waals surface area contributed by atoms with Crippen LogP contribution in [-0.4, -0.2) is 35.2 Å². The highest BCUT2D eigenvalue weighted by Crippen LogP contribution is 2.30. The smallest absolute Gasteiger partial charge is 0.0580 e. The molecule has 2 aliphatic rings. The lowest BCUT2D eigenvalue weighted by Gasteiger charge is -2.28. The third-order valence-electron chi connectivity index (χ3n) is 4.06. The average Bonchev–Trinajstić information content (AvgIpc) is 3.04. The molecule has 2 heteroatoms. The number of hydrogen-bond donors (Lipinski definition) is 1. The van der Waals surface area contributed by atoms with Crippen LogP contribution in [0.3, 0.4) is 0 Å². The number of aliphatic hydroxyl groups is 1. The summed E-state index contributed by atoms with van der Waals surface area (Å²) in [5.74, 6) is 0.549. The highest BCUT2D eigenvalue weighted by Gasteiger charge is 2.31. The Labute approximate surface area is 93.7 Å². The zero-order valence-electron chi connectivity index (χ0n) is 9.99. The molecular weight excluding hydrogens is 186 g/mol. The molecule has 2 saturated carbocycles. The first kappa shape index (κ1) is 11.4. The zero-order chi connectivity index (χ0) is 10.7. The minimum absolute atomic E-state index is 0.0275. The van der Waals surface area contributed by atoms with Crippen LogP contribution < -0.4 is 0 Å². The Bertz CT molecular complexity index is 191. The SMILES string of the molecule is CCN(CC1CCCCCC1O)C1CC1. The van der Waals surface area contributed by atoms with Crippen LogP contribution in [0.4, 0.5) is 0 Å². The van der Waals surface area contributed by atoms with E-state index in [1.54, 1.807) is 0 Å². The van der Waals surface area contributed by atoms with Gasteiger partial charge in [-0.25, -0.2) is 0 Å². The van der Waals surface area contributed by atoms with Gasteiger partial charge in [0.05, 0.1) is 6.10 Å². The molecule has 2 rings (SSSR count). The van der Waals surface area contributed by atoms with Crippen LogP contribution in [0.2, 0.25) is 0 Å². The van der Waals surface area contributed by atoms with Gasteiger partial charge in [-0.05, 0) is 38.1 Å². The van der Waals surface area contributed by atoms with Crippen LogP contribution in [0.25, 0.3) is 0 Å². The van der Waals surface area contributed by atoms with E-state index >= 15 is 0 Å². The molecular formula is C13H25NO. The molecule has 0 aromatic heterocycles. The average molecular weight is 211 g/mol. The Morgan fingerprint density at radius 1 is 1.07 bits per heavy atom. The third kappa shape index (κ3) is 3.18. The van der Waals surface area contributed by atoms with E-state index in [0.29, 0.717) is 5.92 Å². The molecule has 0 radical (unpaired) electrons. The standard InChI is InChI=1S/C13H25NO/c1-2-14(12-8-9-12)10-11-6-4-3-5-7-13(11)15/h11-13,15H,2-10H2,1H3. The maximum atomic E-state index is 10.1. The van der Waals surface area contributed by atoms with E-state index in [-0.39, 0.29) is 6.10 Å². The van der Waals surface area contributed by atoms with Crippen molar-refractivity contribution in [1.29, 1.82) is 0 Å². The maximum absolute atomic E-state index is 10.1. The molecule has 2 nitrogen and oxygen atoms in total. The Hall–Kier alpha value is -0.0800. The second kappa shape index (κ2) is 5.31. The van der Waals surface area contributed by atoms with Gasteiger partial charge in [0.15, 0.2) is 0 Å². The van der Waals surface area contributed by atoms with Gasteiger partial charge in [-0.1, -0.05) is 26.2 Å². The molecule has 0 saturated heterocycles. The van der Waals surface area contributed by atoms with Gasteiger partial charge in [0.1, 0.15) is 0 Å². The van der Waals surface area contributed by atoms with Gasteiger partial charge in [-0.2, -0.15) is 0 Å². The molecule has 0 bridgehead atoms. The third-order valence-corrected chi connectivity index (χ3v) is 4.06. The lowest BCUT2D eigenvalue weighted by atomic mass is 9.96. The maximum Gasteiger partial charge on any atom is 0.0580 e. The summed E-state index contributed by atoms with van der Waals surface area (Å²) < 4.78 is 0. The van der Waals surface area contributed by atoms with Gasteiger partial charge in [0.25, 0.3) is 0 Å². The van der Waals surface area contributed by atoms with E-state index < -0.39 is 0 Å². The normalized spacial score (nSPS) is 33.0. The van der Waals surface area contributed by atoms with Gasteiger partial charge in [0.2, 0.25) is 0 Å². The molecule has 0 spiro atoms. The molecule has 0 amide bonds. The molecule has 15 heavy (non-hydrogen) atoms. The first-order valence-electron chi connectivity index (χ1n) is 6.73. The van der Waals surface area contributed by atoms with Crippen LogP contribution >= 0.6 is 0 Å². The molecule has 0 aromatic rings. The predicted octanol–water partition coefficient (Wildman–Crippen LogP) is 2.41. The summed E-state index contributed by atoms with van der Waals surface area (Å²) in [6, 6.07) is 0.852. The Kier molecular flexibility index (Phi) is 4.04. The van der Waals surface area contributed by atoms with Crippen molar-refractivity contribution in [2.75, 3.05) is 13.1 Å².